The van der Waals surface area contributed by atoms with Crippen LogP contribution in [0.15, 0.2) is 46.0 Å². The molecule has 0 radical (unpaired) electrons. The van der Waals surface area contributed by atoms with Crippen LogP contribution in [0.4, 0.5) is 0 Å². The minimum absolute atomic E-state index is 0.209. The Morgan fingerprint density at radius 3 is 2.63 bits per heavy atom. The number of nitrogens with zero attached hydrogens (tertiary/aromatic N) is 3. The molecule has 6 nitrogen and oxygen atoms in total. The van der Waals surface area contributed by atoms with Gasteiger partial charge in [-0.3, -0.25) is 9.78 Å². The number of hydrogen-bond donors (Lipinski definition) is 1. The van der Waals surface area contributed by atoms with Crippen LogP contribution >= 0.6 is 0 Å². The molecule has 0 bridgehead atoms. The molecule has 2 aromatic rings. The highest BCUT2D eigenvalue weighted by atomic mass is 16.2. The number of rotatable bonds is 6. The van der Waals surface area contributed by atoms with Crippen molar-refractivity contribution in [1.82, 2.24) is 19.5 Å². The van der Waals surface area contributed by atoms with Crippen molar-refractivity contribution >= 4 is 11.0 Å². The van der Waals surface area contributed by atoms with Gasteiger partial charge in [0.15, 0.2) is 11.5 Å². The van der Waals surface area contributed by atoms with Gasteiger partial charge in [-0.25, -0.2) is 9.78 Å². The molecule has 2 aliphatic rings. The molecule has 4 rings (SSSR count). The fourth-order valence-electron chi connectivity index (χ4n) is 4.06. The molecular formula is C24H26N4O2. The van der Waals surface area contributed by atoms with E-state index >= 15 is 0 Å². The van der Waals surface area contributed by atoms with Crippen molar-refractivity contribution in [2.45, 2.75) is 53.0 Å². The van der Waals surface area contributed by atoms with E-state index in [9.17, 15) is 9.59 Å². The molecule has 2 aromatic carbocycles. The van der Waals surface area contributed by atoms with Crippen molar-refractivity contribution in [3.63, 3.8) is 0 Å². The van der Waals surface area contributed by atoms with E-state index in [4.69, 9.17) is 0 Å². The summed E-state index contributed by atoms with van der Waals surface area (Å²) >= 11 is 0. The van der Waals surface area contributed by atoms with Crippen LogP contribution in [0.25, 0.3) is 22.6 Å². The number of benzene rings is 2. The van der Waals surface area contributed by atoms with Gasteiger partial charge >= 0.3 is 5.69 Å². The van der Waals surface area contributed by atoms with Crippen LogP contribution in [0.5, 0.6) is 0 Å². The summed E-state index contributed by atoms with van der Waals surface area (Å²) in [7, 11) is 0. The zero-order valence-corrected chi connectivity index (χ0v) is 17.7. The Morgan fingerprint density at radius 1 is 1.03 bits per heavy atom. The van der Waals surface area contributed by atoms with Crippen LogP contribution in [0.1, 0.15) is 42.0 Å². The lowest BCUT2D eigenvalue weighted by molar-refractivity contribution is 0.648. The maximum atomic E-state index is 12.4. The van der Waals surface area contributed by atoms with Crippen LogP contribution in [0, 0.1) is 13.8 Å². The predicted octanol–water partition coefficient (Wildman–Crippen LogP) is 3.79. The first kappa shape index (κ1) is 20.0. The van der Waals surface area contributed by atoms with Gasteiger partial charge in [-0.05, 0) is 61.9 Å². The van der Waals surface area contributed by atoms with E-state index < -0.39 is 11.2 Å². The number of aryl methyl sites for hydroxylation is 5. The van der Waals surface area contributed by atoms with E-state index in [1.54, 1.807) is 0 Å². The molecule has 0 aromatic heterocycles. The number of H-pyrrole nitrogens is 1. The summed E-state index contributed by atoms with van der Waals surface area (Å²) in [5, 5.41) is 0. The highest BCUT2D eigenvalue weighted by molar-refractivity contribution is 5.81. The van der Waals surface area contributed by atoms with Gasteiger partial charge in [0, 0.05) is 6.54 Å². The molecular weight excluding hydrogens is 376 g/mol. The summed E-state index contributed by atoms with van der Waals surface area (Å²) in [6.07, 6.45) is 3.78. The molecule has 0 fully saturated rings. The smallest absolute Gasteiger partial charge is 0.322 e. The van der Waals surface area contributed by atoms with E-state index in [2.05, 4.69) is 66.1 Å². The maximum Gasteiger partial charge on any atom is 0.349 e. The second-order valence-electron chi connectivity index (χ2n) is 7.92. The number of hydrogen-bond acceptors (Lipinski definition) is 4. The first-order chi connectivity index (χ1) is 14.5. The lowest BCUT2D eigenvalue weighted by Crippen LogP contribution is -2.29. The number of nitrogens with one attached hydrogen (secondary N) is 1. The van der Waals surface area contributed by atoms with Crippen LogP contribution in [-0.2, 0) is 19.4 Å². The maximum absolute atomic E-state index is 12.4. The van der Waals surface area contributed by atoms with Gasteiger partial charge in [-0.2, -0.15) is 4.98 Å². The summed E-state index contributed by atoms with van der Waals surface area (Å²) in [5.41, 5.74) is 5.68. The zero-order valence-electron chi connectivity index (χ0n) is 17.7. The quantitative estimate of drug-likeness (QED) is 0.498. The third-order valence-corrected chi connectivity index (χ3v) is 5.52. The Labute approximate surface area is 175 Å². The number of aromatic amines is 1. The second kappa shape index (κ2) is 8.22. The van der Waals surface area contributed by atoms with Crippen LogP contribution in [0.3, 0.4) is 0 Å². The summed E-state index contributed by atoms with van der Waals surface area (Å²) in [5.74, 6) is 0.354. The first-order valence-corrected chi connectivity index (χ1v) is 10.5. The van der Waals surface area contributed by atoms with Crippen molar-refractivity contribution in [3.8, 4) is 11.5 Å². The fraction of sp³-hybridized carbons (Fsp3) is 0.333. The summed E-state index contributed by atoms with van der Waals surface area (Å²) < 4.78 is 1.99. The Bertz CT molecular complexity index is 1300. The number of aromatic nitrogens is 4. The molecule has 0 atom stereocenters. The molecule has 0 amide bonds. The van der Waals surface area contributed by atoms with E-state index in [1.165, 1.54) is 16.7 Å². The van der Waals surface area contributed by atoms with Gasteiger partial charge in [0.05, 0.1) is 11.0 Å². The van der Waals surface area contributed by atoms with Crippen molar-refractivity contribution < 1.29 is 0 Å². The molecule has 0 spiro atoms. The zero-order chi connectivity index (χ0) is 21.3. The molecule has 30 heavy (non-hydrogen) atoms. The Hall–Kier alpha value is -3.28. The second-order valence-corrected chi connectivity index (χ2v) is 7.92. The molecule has 2 heterocycles. The van der Waals surface area contributed by atoms with E-state index in [-0.39, 0.29) is 5.69 Å². The number of fused-ring (bicyclic) bond motifs is 2. The summed E-state index contributed by atoms with van der Waals surface area (Å²) in [4.78, 5) is 35.3. The van der Waals surface area contributed by atoms with Gasteiger partial charge in [0.25, 0.3) is 5.56 Å². The van der Waals surface area contributed by atoms with Crippen LogP contribution in [-0.4, -0.2) is 19.5 Å². The highest BCUT2D eigenvalue weighted by Crippen LogP contribution is 2.25. The first-order valence-electron chi connectivity index (χ1n) is 10.5. The molecule has 0 saturated heterocycles. The Kier molecular flexibility index (Phi) is 5.48. The van der Waals surface area contributed by atoms with Gasteiger partial charge in [0.2, 0.25) is 0 Å². The average Bonchev–Trinajstić information content (AvgIpc) is 2.69. The van der Waals surface area contributed by atoms with Crippen LogP contribution in [0.2, 0.25) is 0 Å². The topological polar surface area (TPSA) is 80.6 Å². The lowest BCUT2D eigenvalue weighted by atomic mass is 10.0. The van der Waals surface area contributed by atoms with Crippen LogP contribution < -0.4 is 11.2 Å². The molecule has 1 N–H and O–H groups in total. The van der Waals surface area contributed by atoms with E-state index in [0.29, 0.717) is 12.4 Å². The van der Waals surface area contributed by atoms with Crippen molar-refractivity contribution in [2.75, 3.05) is 0 Å². The predicted molar refractivity (Wildman–Crippen MR) is 119 cm³/mol. The molecule has 0 saturated carbocycles. The minimum Gasteiger partial charge on any atom is -0.322 e. The molecule has 0 aliphatic carbocycles. The SMILES string of the molecule is CCCc1cc2c(cc1C)nc1c(=O)[nH]c(=O)nc-1n2CCCc1cccc(C)c1. The molecule has 154 valence electrons. The van der Waals surface area contributed by atoms with Crippen molar-refractivity contribution in [2.24, 2.45) is 0 Å². The van der Waals surface area contributed by atoms with Gasteiger partial charge in [-0.1, -0.05) is 43.2 Å². The minimum atomic E-state index is -0.637. The summed E-state index contributed by atoms with van der Waals surface area (Å²) in [6.45, 7) is 6.96. The molecule has 6 heteroatoms. The standard InChI is InChI=1S/C24H26N4O2/c1-4-7-18-14-20-19(13-16(18)3)25-21-22(26-24(30)27-23(21)29)28(20)11-6-10-17-9-5-8-15(2)12-17/h5,8-9,12-14H,4,6-7,10-11H2,1-3H3,(H,27,29,30). The van der Waals surface area contributed by atoms with E-state index in [0.717, 1.165) is 42.3 Å². The third-order valence-electron chi connectivity index (χ3n) is 5.52. The largest absolute Gasteiger partial charge is 0.349 e. The highest BCUT2D eigenvalue weighted by Gasteiger charge is 2.19. The Balaban J connectivity index is 1.83. The molecule has 2 aliphatic heterocycles. The van der Waals surface area contributed by atoms with Gasteiger partial charge in [0.1, 0.15) is 0 Å². The average molecular weight is 402 g/mol. The molecule has 0 unspecified atom stereocenters. The van der Waals surface area contributed by atoms with E-state index in [1.807, 2.05) is 10.6 Å². The van der Waals surface area contributed by atoms with Gasteiger partial charge < -0.3 is 4.57 Å². The monoisotopic (exact) mass is 402 g/mol. The lowest BCUT2D eigenvalue weighted by Gasteiger charge is -2.18. The summed E-state index contributed by atoms with van der Waals surface area (Å²) in [6, 6.07) is 12.6. The van der Waals surface area contributed by atoms with Gasteiger partial charge in [-0.15, -0.1) is 0 Å². The van der Waals surface area contributed by atoms with Crippen molar-refractivity contribution in [1.29, 1.82) is 0 Å². The normalized spacial score (nSPS) is 11.4. The third kappa shape index (κ3) is 3.90. The Morgan fingerprint density at radius 2 is 1.87 bits per heavy atom. The fourth-order valence-corrected chi connectivity index (χ4v) is 4.06. The van der Waals surface area contributed by atoms with Crippen molar-refractivity contribution in [3.05, 3.63) is 79.5 Å².